The molecule has 2 rings (SSSR count). The van der Waals surface area contributed by atoms with Gasteiger partial charge in [0, 0.05) is 25.8 Å². The summed E-state index contributed by atoms with van der Waals surface area (Å²) >= 11 is 0. The molecular formula is C13H16FN3. The van der Waals surface area contributed by atoms with Crippen molar-refractivity contribution < 1.29 is 4.39 Å². The Hall–Kier alpha value is -1.68. The van der Waals surface area contributed by atoms with Gasteiger partial charge in [0.05, 0.1) is 5.69 Å². The van der Waals surface area contributed by atoms with Crippen LogP contribution in [0.1, 0.15) is 24.2 Å². The first-order chi connectivity index (χ1) is 8.16. The molecule has 1 aromatic heterocycles. The van der Waals surface area contributed by atoms with Crippen molar-refractivity contribution in [1.29, 1.82) is 0 Å². The molecule has 0 amide bonds. The average molecular weight is 233 g/mol. The molecule has 0 saturated carbocycles. The number of hydrogen-bond donors (Lipinski definition) is 1. The van der Waals surface area contributed by atoms with Gasteiger partial charge in [-0.25, -0.2) is 4.39 Å². The Balaban J connectivity index is 1.94. The number of aromatic nitrogens is 2. The Labute approximate surface area is 100 Å². The van der Waals surface area contributed by atoms with Crippen LogP contribution in [0.4, 0.5) is 4.39 Å². The summed E-state index contributed by atoms with van der Waals surface area (Å²) in [7, 11) is 1.92. The fourth-order valence-corrected chi connectivity index (χ4v) is 1.79. The summed E-state index contributed by atoms with van der Waals surface area (Å²) in [6, 6.07) is 8.74. The SMILES string of the molecule is CC(NCc1ccc(F)cc1)c1ccnn1C. The number of halogens is 1. The number of nitrogens with zero attached hydrogens (tertiary/aromatic N) is 2. The average Bonchev–Trinajstić information content (AvgIpc) is 2.74. The highest BCUT2D eigenvalue weighted by Gasteiger charge is 2.08. The van der Waals surface area contributed by atoms with Crippen molar-refractivity contribution in [2.24, 2.45) is 7.05 Å². The lowest BCUT2D eigenvalue weighted by atomic mass is 10.2. The normalized spacial score (nSPS) is 12.6. The van der Waals surface area contributed by atoms with Crippen LogP contribution < -0.4 is 5.32 Å². The lowest BCUT2D eigenvalue weighted by molar-refractivity contribution is 0.529. The van der Waals surface area contributed by atoms with Crippen LogP contribution in [0.5, 0.6) is 0 Å². The Kier molecular flexibility index (Phi) is 3.54. The van der Waals surface area contributed by atoms with E-state index in [0.717, 1.165) is 11.3 Å². The van der Waals surface area contributed by atoms with Crippen molar-refractivity contribution in [3.63, 3.8) is 0 Å². The zero-order valence-corrected chi connectivity index (χ0v) is 10.0. The smallest absolute Gasteiger partial charge is 0.123 e. The maximum Gasteiger partial charge on any atom is 0.123 e. The molecule has 0 aliphatic rings. The van der Waals surface area contributed by atoms with Gasteiger partial charge >= 0.3 is 0 Å². The number of nitrogens with one attached hydrogen (secondary N) is 1. The van der Waals surface area contributed by atoms with Crippen LogP contribution in [0.15, 0.2) is 36.5 Å². The summed E-state index contributed by atoms with van der Waals surface area (Å²) < 4.78 is 14.6. The van der Waals surface area contributed by atoms with E-state index >= 15 is 0 Å². The van der Waals surface area contributed by atoms with E-state index in [0.29, 0.717) is 6.54 Å². The molecule has 3 nitrogen and oxygen atoms in total. The molecule has 0 fully saturated rings. The maximum atomic E-state index is 12.7. The summed E-state index contributed by atoms with van der Waals surface area (Å²) in [5.41, 5.74) is 2.20. The molecule has 0 saturated heterocycles. The summed E-state index contributed by atoms with van der Waals surface area (Å²) in [5, 5.41) is 7.51. The van der Waals surface area contributed by atoms with Crippen LogP contribution >= 0.6 is 0 Å². The van der Waals surface area contributed by atoms with E-state index in [1.54, 1.807) is 18.3 Å². The molecule has 0 spiro atoms. The van der Waals surface area contributed by atoms with Gasteiger partial charge in [-0.15, -0.1) is 0 Å². The molecule has 1 unspecified atom stereocenters. The van der Waals surface area contributed by atoms with Gasteiger partial charge in [0.15, 0.2) is 0 Å². The third kappa shape index (κ3) is 2.91. The minimum atomic E-state index is -0.201. The van der Waals surface area contributed by atoms with Crippen molar-refractivity contribution >= 4 is 0 Å². The van der Waals surface area contributed by atoms with E-state index in [1.807, 2.05) is 17.8 Å². The molecule has 0 aliphatic carbocycles. The first kappa shape index (κ1) is 11.8. The monoisotopic (exact) mass is 233 g/mol. The Morgan fingerprint density at radius 1 is 1.29 bits per heavy atom. The second-order valence-corrected chi connectivity index (χ2v) is 4.11. The standard InChI is InChI=1S/C13H16FN3/c1-10(13-7-8-16-17(13)2)15-9-11-3-5-12(14)6-4-11/h3-8,10,15H,9H2,1-2H3. The molecule has 4 heteroatoms. The summed E-state index contributed by atoms with van der Waals surface area (Å²) in [6.45, 7) is 2.80. The largest absolute Gasteiger partial charge is 0.305 e. The van der Waals surface area contributed by atoms with Gasteiger partial charge in [0.2, 0.25) is 0 Å². The van der Waals surface area contributed by atoms with Gasteiger partial charge in [-0.3, -0.25) is 4.68 Å². The maximum absolute atomic E-state index is 12.7. The second-order valence-electron chi connectivity index (χ2n) is 4.11. The summed E-state index contributed by atoms with van der Waals surface area (Å²) in [6.07, 6.45) is 1.78. The van der Waals surface area contributed by atoms with E-state index in [4.69, 9.17) is 0 Å². The van der Waals surface area contributed by atoms with Crippen molar-refractivity contribution in [2.45, 2.75) is 19.5 Å². The predicted molar refractivity (Wildman–Crippen MR) is 64.9 cm³/mol. The predicted octanol–water partition coefficient (Wildman–Crippen LogP) is 2.41. The van der Waals surface area contributed by atoms with Crippen LogP contribution in [-0.2, 0) is 13.6 Å². The minimum Gasteiger partial charge on any atom is -0.305 e. The Morgan fingerprint density at radius 2 is 2.00 bits per heavy atom. The first-order valence-electron chi connectivity index (χ1n) is 5.62. The topological polar surface area (TPSA) is 29.9 Å². The van der Waals surface area contributed by atoms with Gasteiger partial charge < -0.3 is 5.32 Å². The molecule has 90 valence electrons. The molecule has 0 aliphatic heterocycles. The number of benzene rings is 1. The first-order valence-corrected chi connectivity index (χ1v) is 5.62. The van der Waals surface area contributed by atoms with Crippen LogP contribution in [0.2, 0.25) is 0 Å². The Morgan fingerprint density at radius 3 is 2.59 bits per heavy atom. The molecule has 1 aromatic carbocycles. The highest BCUT2D eigenvalue weighted by molar-refractivity contribution is 5.16. The van der Waals surface area contributed by atoms with Crippen LogP contribution in [0, 0.1) is 5.82 Å². The van der Waals surface area contributed by atoms with Gasteiger partial charge in [-0.2, -0.15) is 5.10 Å². The van der Waals surface area contributed by atoms with E-state index in [2.05, 4.69) is 17.3 Å². The van der Waals surface area contributed by atoms with E-state index < -0.39 is 0 Å². The molecule has 2 aromatic rings. The van der Waals surface area contributed by atoms with Crippen molar-refractivity contribution in [1.82, 2.24) is 15.1 Å². The van der Waals surface area contributed by atoms with Crippen LogP contribution in [-0.4, -0.2) is 9.78 Å². The fraction of sp³-hybridized carbons (Fsp3) is 0.308. The van der Waals surface area contributed by atoms with Crippen molar-refractivity contribution in [3.8, 4) is 0 Å². The fourth-order valence-electron chi connectivity index (χ4n) is 1.79. The van der Waals surface area contributed by atoms with Gasteiger partial charge in [0.25, 0.3) is 0 Å². The van der Waals surface area contributed by atoms with E-state index in [1.165, 1.54) is 12.1 Å². The number of hydrogen-bond acceptors (Lipinski definition) is 2. The molecule has 1 atom stereocenters. The highest BCUT2D eigenvalue weighted by Crippen LogP contribution is 2.11. The van der Waals surface area contributed by atoms with Gasteiger partial charge in [-0.05, 0) is 30.7 Å². The molecule has 0 bridgehead atoms. The third-order valence-electron chi connectivity index (χ3n) is 2.83. The van der Waals surface area contributed by atoms with E-state index in [-0.39, 0.29) is 11.9 Å². The van der Waals surface area contributed by atoms with Crippen molar-refractivity contribution in [2.75, 3.05) is 0 Å². The van der Waals surface area contributed by atoms with E-state index in [9.17, 15) is 4.39 Å². The molecule has 17 heavy (non-hydrogen) atoms. The lowest BCUT2D eigenvalue weighted by Crippen LogP contribution is -2.20. The number of rotatable bonds is 4. The molecule has 0 radical (unpaired) electrons. The Bertz CT molecular complexity index is 476. The highest BCUT2D eigenvalue weighted by atomic mass is 19.1. The molecule has 1 N–H and O–H groups in total. The van der Waals surface area contributed by atoms with Crippen LogP contribution in [0.25, 0.3) is 0 Å². The lowest BCUT2D eigenvalue weighted by Gasteiger charge is -2.14. The quantitative estimate of drug-likeness (QED) is 0.878. The molecular weight excluding hydrogens is 217 g/mol. The molecule has 1 heterocycles. The zero-order valence-electron chi connectivity index (χ0n) is 10.0. The van der Waals surface area contributed by atoms with Gasteiger partial charge in [0.1, 0.15) is 5.82 Å². The summed E-state index contributed by atoms with van der Waals surface area (Å²) in [4.78, 5) is 0. The number of aryl methyl sites for hydroxylation is 1. The van der Waals surface area contributed by atoms with Crippen LogP contribution in [0.3, 0.4) is 0 Å². The zero-order chi connectivity index (χ0) is 12.3. The van der Waals surface area contributed by atoms with Crippen molar-refractivity contribution in [3.05, 3.63) is 53.6 Å². The van der Waals surface area contributed by atoms with Gasteiger partial charge in [-0.1, -0.05) is 12.1 Å². The summed E-state index contributed by atoms with van der Waals surface area (Å²) in [5.74, 6) is -0.201. The third-order valence-corrected chi connectivity index (χ3v) is 2.83. The minimum absolute atomic E-state index is 0.201. The second kappa shape index (κ2) is 5.10.